The second-order valence-corrected chi connectivity index (χ2v) is 6.59. The predicted molar refractivity (Wildman–Crippen MR) is 95.6 cm³/mol. The van der Waals surface area contributed by atoms with Crippen LogP contribution in [-0.4, -0.2) is 67.9 Å². The fourth-order valence-corrected chi connectivity index (χ4v) is 3.38. The number of nitrogens with one attached hydrogen (secondary N) is 1. The van der Waals surface area contributed by atoms with Gasteiger partial charge in [0.2, 0.25) is 5.91 Å². The Hall–Kier alpha value is -2.08. The summed E-state index contributed by atoms with van der Waals surface area (Å²) in [6.45, 7) is 7.36. The lowest BCUT2D eigenvalue weighted by atomic mass is 10.1. The summed E-state index contributed by atoms with van der Waals surface area (Å²) in [6, 6.07) is 5.62. The summed E-state index contributed by atoms with van der Waals surface area (Å²) in [4.78, 5) is 31.0. The van der Waals surface area contributed by atoms with E-state index in [-0.39, 0.29) is 11.8 Å². The van der Waals surface area contributed by atoms with Gasteiger partial charge in [0, 0.05) is 51.8 Å². The number of carbonyl (C=O) groups is 2. The van der Waals surface area contributed by atoms with Gasteiger partial charge in [-0.25, -0.2) is 0 Å². The van der Waals surface area contributed by atoms with E-state index in [0.717, 1.165) is 50.5 Å². The Morgan fingerprint density at radius 1 is 1.17 bits per heavy atom. The second-order valence-electron chi connectivity index (χ2n) is 6.59. The average Bonchev–Trinajstić information content (AvgIpc) is 2.73. The molecule has 1 N–H and O–H groups in total. The van der Waals surface area contributed by atoms with Crippen molar-refractivity contribution in [2.45, 2.75) is 19.8 Å². The SMILES string of the molecule is CCCN1CCN(C(=O)c2ccc3c(c2)NC(=O)CCN3C)CC1. The first-order valence-corrected chi connectivity index (χ1v) is 8.75. The van der Waals surface area contributed by atoms with E-state index in [0.29, 0.717) is 18.5 Å². The van der Waals surface area contributed by atoms with Crippen LogP contribution in [0.4, 0.5) is 11.4 Å². The Balaban J connectivity index is 1.73. The first kappa shape index (κ1) is 16.8. The molecule has 3 rings (SSSR count). The van der Waals surface area contributed by atoms with E-state index < -0.39 is 0 Å². The lowest BCUT2D eigenvalue weighted by molar-refractivity contribution is -0.115. The first-order valence-electron chi connectivity index (χ1n) is 8.75. The van der Waals surface area contributed by atoms with Gasteiger partial charge in [-0.1, -0.05) is 6.92 Å². The molecule has 2 heterocycles. The molecule has 0 unspecified atom stereocenters. The molecule has 0 bridgehead atoms. The Morgan fingerprint density at radius 2 is 1.92 bits per heavy atom. The summed E-state index contributed by atoms with van der Waals surface area (Å²) in [5, 5.41) is 2.92. The average molecular weight is 330 g/mol. The van der Waals surface area contributed by atoms with E-state index in [1.54, 1.807) is 0 Å². The molecule has 0 radical (unpaired) electrons. The van der Waals surface area contributed by atoms with Crippen LogP contribution in [0.2, 0.25) is 0 Å². The molecule has 0 aromatic heterocycles. The minimum atomic E-state index is -0.00150. The molecule has 1 aromatic rings. The maximum Gasteiger partial charge on any atom is 0.254 e. The smallest absolute Gasteiger partial charge is 0.254 e. The maximum absolute atomic E-state index is 12.8. The highest BCUT2D eigenvalue weighted by molar-refractivity contribution is 6.00. The van der Waals surface area contributed by atoms with Gasteiger partial charge < -0.3 is 15.1 Å². The number of piperazine rings is 1. The van der Waals surface area contributed by atoms with Crippen molar-refractivity contribution in [3.05, 3.63) is 23.8 Å². The molecule has 130 valence electrons. The molecular weight excluding hydrogens is 304 g/mol. The van der Waals surface area contributed by atoms with Crippen LogP contribution in [-0.2, 0) is 4.79 Å². The van der Waals surface area contributed by atoms with Gasteiger partial charge in [-0.05, 0) is 31.2 Å². The molecule has 2 amide bonds. The highest BCUT2D eigenvalue weighted by Gasteiger charge is 2.23. The van der Waals surface area contributed by atoms with Gasteiger partial charge in [0.15, 0.2) is 0 Å². The zero-order chi connectivity index (χ0) is 17.1. The van der Waals surface area contributed by atoms with E-state index in [9.17, 15) is 9.59 Å². The monoisotopic (exact) mass is 330 g/mol. The topological polar surface area (TPSA) is 55.9 Å². The number of anilines is 2. The van der Waals surface area contributed by atoms with E-state index in [4.69, 9.17) is 0 Å². The number of nitrogens with zero attached hydrogens (tertiary/aromatic N) is 3. The fraction of sp³-hybridized carbons (Fsp3) is 0.556. The molecule has 6 nitrogen and oxygen atoms in total. The predicted octanol–water partition coefficient (Wildman–Crippen LogP) is 1.63. The molecule has 0 aliphatic carbocycles. The van der Waals surface area contributed by atoms with Crippen molar-refractivity contribution in [2.75, 3.05) is 56.5 Å². The minimum absolute atomic E-state index is 0.00150. The number of amides is 2. The summed E-state index contributed by atoms with van der Waals surface area (Å²) >= 11 is 0. The molecule has 1 fully saturated rings. The molecule has 0 atom stereocenters. The molecule has 1 saturated heterocycles. The van der Waals surface area contributed by atoms with Crippen LogP contribution < -0.4 is 10.2 Å². The lowest BCUT2D eigenvalue weighted by Gasteiger charge is -2.34. The quantitative estimate of drug-likeness (QED) is 0.915. The molecule has 2 aliphatic rings. The number of hydrogen-bond acceptors (Lipinski definition) is 4. The van der Waals surface area contributed by atoms with Gasteiger partial charge in [-0.3, -0.25) is 14.5 Å². The normalized spacial score (nSPS) is 18.8. The third-order valence-corrected chi connectivity index (χ3v) is 4.80. The highest BCUT2D eigenvalue weighted by Crippen LogP contribution is 2.29. The molecule has 2 aliphatic heterocycles. The summed E-state index contributed by atoms with van der Waals surface area (Å²) < 4.78 is 0. The van der Waals surface area contributed by atoms with Crippen molar-refractivity contribution >= 4 is 23.2 Å². The maximum atomic E-state index is 12.8. The van der Waals surface area contributed by atoms with E-state index in [1.165, 1.54) is 0 Å². The molecule has 1 aromatic carbocycles. The largest absolute Gasteiger partial charge is 0.372 e. The fourth-order valence-electron chi connectivity index (χ4n) is 3.38. The Labute approximate surface area is 143 Å². The van der Waals surface area contributed by atoms with E-state index >= 15 is 0 Å². The summed E-state index contributed by atoms with van der Waals surface area (Å²) in [7, 11) is 1.97. The van der Waals surface area contributed by atoms with E-state index in [1.807, 2.05) is 35.0 Å². The zero-order valence-electron chi connectivity index (χ0n) is 14.5. The van der Waals surface area contributed by atoms with Crippen molar-refractivity contribution in [3.8, 4) is 0 Å². The van der Waals surface area contributed by atoms with Crippen LogP contribution in [0.1, 0.15) is 30.1 Å². The Bertz CT molecular complexity index is 623. The van der Waals surface area contributed by atoms with E-state index in [2.05, 4.69) is 17.1 Å². The zero-order valence-corrected chi connectivity index (χ0v) is 14.5. The van der Waals surface area contributed by atoms with Crippen molar-refractivity contribution < 1.29 is 9.59 Å². The van der Waals surface area contributed by atoms with Crippen molar-refractivity contribution in [1.29, 1.82) is 0 Å². The van der Waals surface area contributed by atoms with Crippen LogP contribution in [0.25, 0.3) is 0 Å². The third-order valence-electron chi connectivity index (χ3n) is 4.80. The number of carbonyl (C=O) groups excluding carboxylic acids is 2. The summed E-state index contributed by atoms with van der Waals surface area (Å²) in [6.07, 6.45) is 1.61. The summed E-state index contributed by atoms with van der Waals surface area (Å²) in [5.74, 6) is 0.0495. The molecular formula is C18H26N4O2. The van der Waals surface area contributed by atoms with Crippen LogP contribution in [0.5, 0.6) is 0 Å². The number of benzene rings is 1. The number of fused-ring (bicyclic) bond motifs is 1. The standard InChI is InChI=1S/C18H26N4O2/c1-3-7-21-9-11-22(12-10-21)18(24)14-4-5-16-15(13-14)19-17(23)6-8-20(16)2/h4-5,13H,3,6-12H2,1-2H3,(H,19,23). The van der Waals surface area contributed by atoms with Crippen LogP contribution in [0.15, 0.2) is 18.2 Å². The van der Waals surface area contributed by atoms with Crippen molar-refractivity contribution in [3.63, 3.8) is 0 Å². The van der Waals surface area contributed by atoms with Gasteiger partial charge in [0.05, 0.1) is 11.4 Å². The van der Waals surface area contributed by atoms with Gasteiger partial charge >= 0.3 is 0 Å². The van der Waals surface area contributed by atoms with Crippen LogP contribution in [0.3, 0.4) is 0 Å². The minimum Gasteiger partial charge on any atom is -0.372 e. The van der Waals surface area contributed by atoms with Crippen molar-refractivity contribution in [2.24, 2.45) is 0 Å². The van der Waals surface area contributed by atoms with Gasteiger partial charge in [-0.2, -0.15) is 0 Å². The summed E-state index contributed by atoms with van der Waals surface area (Å²) in [5.41, 5.74) is 2.34. The highest BCUT2D eigenvalue weighted by atomic mass is 16.2. The molecule has 6 heteroatoms. The second kappa shape index (κ2) is 7.21. The third kappa shape index (κ3) is 3.53. The van der Waals surface area contributed by atoms with Crippen molar-refractivity contribution in [1.82, 2.24) is 9.80 Å². The van der Waals surface area contributed by atoms with Crippen LogP contribution >= 0.6 is 0 Å². The van der Waals surface area contributed by atoms with Gasteiger partial charge in [-0.15, -0.1) is 0 Å². The molecule has 0 saturated carbocycles. The Kier molecular flexibility index (Phi) is 5.04. The van der Waals surface area contributed by atoms with Gasteiger partial charge in [0.1, 0.15) is 0 Å². The van der Waals surface area contributed by atoms with Crippen LogP contribution in [0, 0.1) is 0 Å². The lowest BCUT2D eigenvalue weighted by Crippen LogP contribution is -2.48. The Morgan fingerprint density at radius 3 is 2.62 bits per heavy atom. The number of rotatable bonds is 3. The first-order chi connectivity index (χ1) is 11.6. The van der Waals surface area contributed by atoms with Gasteiger partial charge in [0.25, 0.3) is 5.91 Å². The molecule has 0 spiro atoms. The molecule has 24 heavy (non-hydrogen) atoms. The number of hydrogen-bond donors (Lipinski definition) is 1.